The average Bonchev–Trinajstić information content (AvgIpc) is 2.35. The van der Waals surface area contributed by atoms with Gasteiger partial charge in [-0.25, -0.2) is 4.79 Å². The quantitative estimate of drug-likeness (QED) is 0.745. The lowest BCUT2D eigenvalue weighted by Gasteiger charge is -2.10. The molecule has 1 rings (SSSR count). The van der Waals surface area contributed by atoms with Gasteiger partial charge in [-0.15, -0.1) is 0 Å². The zero-order valence-corrected chi connectivity index (χ0v) is 12.9. The smallest absolute Gasteiger partial charge is 0.335 e. The van der Waals surface area contributed by atoms with Gasteiger partial charge >= 0.3 is 5.97 Å². The van der Waals surface area contributed by atoms with Crippen LogP contribution in [0.4, 0.5) is 0 Å². The standard InChI is InChI=1S/C13H16INO4/c1-8(2)6-15-12(16)7-19-11-5-9(13(17)18)3-4-10(11)14/h3-5,8H,6-7H2,1-2H3,(H,15,16)(H,17,18). The summed E-state index contributed by atoms with van der Waals surface area (Å²) < 4.78 is 6.10. The first-order valence-corrected chi connectivity index (χ1v) is 6.90. The predicted octanol–water partition coefficient (Wildman–Crippen LogP) is 2.14. The Morgan fingerprint density at radius 3 is 2.68 bits per heavy atom. The second kappa shape index (κ2) is 7.32. The second-order valence-electron chi connectivity index (χ2n) is 4.44. The molecule has 0 saturated carbocycles. The van der Waals surface area contributed by atoms with Crippen molar-refractivity contribution in [2.45, 2.75) is 13.8 Å². The van der Waals surface area contributed by atoms with Crippen LogP contribution in [0.1, 0.15) is 24.2 Å². The zero-order valence-electron chi connectivity index (χ0n) is 10.8. The van der Waals surface area contributed by atoms with Gasteiger partial charge in [0.2, 0.25) is 0 Å². The van der Waals surface area contributed by atoms with Gasteiger partial charge in [0, 0.05) is 6.54 Å². The monoisotopic (exact) mass is 377 g/mol. The summed E-state index contributed by atoms with van der Waals surface area (Å²) in [7, 11) is 0. The molecule has 1 amide bonds. The number of carbonyl (C=O) groups is 2. The van der Waals surface area contributed by atoms with Crippen molar-refractivity contribution in [2.24, 2.45) is 5.92 Å². The fourth-order valence-corrected chi connectivity index (χ4v) is 1.75. The first kappa shape index (κ1) is 15.7. The van der Waals surface area contributed by atoms with E-state index in [0.717, 1.165) is 3.57 Å². The zero-order chi connectivity index (χ0) is 14.4. The van der Waals surface area contributed by atoms with Gasteiger partial charge < -0.3 is 15.2 Å². The molecule has 0 heterocycles. The van der Waals surface area contributed by atoms with Gasteiger partial charge in [0.05, 0.1) is 9.13 Å². The number of nitrogens with one attached hydrogen (secondary N) is 1. The summed E-state index contributed by atoms with van der Waals surface area (Å²) >= 11 is 2.03. The normalized spacial score (nSPS) is 10.3. The van der Waals surface area contributed by atoms with Crippen LogP contribution >= 0.6 is 22.6 Å². The molecule has 5 nitrogen and oxygen atoms in total. The lowest BCUT2D eigenvalue weighted by molar-refractivity contribution is -0.123. The highest BCUT2D eigenvalue weighted by Gasteiger charge is 2.10. The van der Waals surface area contributed by atoms with Gasteiger partial charge in [-0.1, -0.05) is 13.8 Å². The summed E-state index contributed by atoms with van der Waals surface area (Å²) in [6, 6.07) is 4.56. The van der Waals surface area contributed by atoms with E-state index in [-0.39, 0.29) is 18.1 Å². The Morgan fingerprint density at radius 2 is 2.11 bits per heavy atom. The first-order valence-electron chi connectivity index (χ1n) is 5.82. The molecule has 0 bridgehead atoms. The van der Waals surface area contributed by atoms with Gasteiger partial charge in [0.25, 0.3) is 5.91 Å². The van der Waals surface area contributed by atoms with E-state index in [0.29, 0.717) is 18.2 Å². The highest BCUT2D eigenvalue weighted by molar-refractivity contribution is 14.1. The molecule has 2 N–H and O–H groups in total. The molecule has 0 aliphatic heterocycles. The van der Waals surface area contributed by atoms with E-state index in [2.05, 4.69) is 5.32 Å². The summed E-state index contributed by atoms with van der Waals surface area (Å²) in [5.41, 5.74) is 0.137. The molecule has 0 saturated heterocycles. The van der Waals surface area contributed by atoms with Crippen molar-refractivity contribution in [3.05, 3.63) is 27.3 Å². The van der Waals surface area contributed by atoms with E-state index in [1.54, 1.807) is 6.07 Å². The molecule has 19 heavy (non-hydrogen) atoms. The Labute approximate surface area is 125 Å². The first-order chi connectivity index (χ1) is 8.90. The minimum Gasteiger partial charge on any atom is -0.483 e. The third-order valence-electron chi connectivity index (χ3n) is 2.24. The second-order valence-corrected chi connectivity index (χ2v) is 5.60. The molecule has 0 aromatic heterocycles. The van der Waals surface area contributed by atoms with Crippen LogP contribution in [0.5, 0.6) is 5.75 Å². The molecular formula is C13H16INO4. The maximum Gasteiger partial charge on any atom is 0.335 e. The molecule has 0 aliphatic carbocycles. The summed E-state index contributed by atoms with van der Waals surface area (Å²) in [6.07, 6.45) is 0. The van der Waals surface area contributed by atoms with Crippen LogP contribution in [0.3, 0.4) is 0 Å². The number of ether oxygens (including phenoxy) is 1. The Hall–Kier alpha value is -1.31. The van der Waals surface area contributed by atoms with Gasteiger partial charge in [0.15, 0.2) is 6.61 Å². The van der Waals surface area contributed by atoms with Crippen molar-refractivity contribution >= 4 is 34.5 Å². The van der Waals surface area contributed by atoms with E-state index in [4.69, 9.17) is 9.84 Å². The minimum absolute atomic E-state index is 0.119. The Balaban J connectivity index is 2.59. The fourth-order valence-electron chi connectivity index (χ4n) is 1.26. The number of carboxylic acid groups (broad SMARTS) is 1. The van der Waals surface area contributed by atoms with Crippen LogP contribution in [0.25, 0.3) is 0 Å². The Morgan fingerprint density at radius 1 is 1.42 bits per heavy atom. The van der Waals surface area contributed by atoms with Gasteiger partial charge in [-0.3, -0.25) is 4.79 Å². The summed E-state index contributed by atoms with van der Waals surface area (Å²) in [4.78, 5) is 22.3. The number of benzene rings is 1. The van der Waals surface area contributed by atoms with Gasteiger partial charge in [0.1, 0.15) is 5.75 Å². The molecule has 0 fully saturated rings. The predicted molar refractivity (Wildman–Crippen MR) is 79.5 cm³/mol. The average molecular weight is 377 g/mol. The number of aromatic carboxylic acids is 1. The number of halogens is 1. The molecule has 0 unspecified atom stereocenters. The third kappa shape index (κ3) is 5.46. The van der Waals surface area contributed by atoms with E-state index < -0.39 is 5.97 Å². The molecule has 1 aromatic carbocycles. The number of rotatable bonds is 6. The Kier molecular flexibility index (Phi) is 6.07. The fraction of sp³-hybridized carbons (Fsp3) is 0.385. The molecule has 0 radical (unpaired) electrons. The van der Waals surface area contributed by atoms with Crippen LogP contribution < -0.4 is 10.1 Å². The molecular weight excluding hydrogens is 361 g/mol. The molecule has 6 heteroatoms. The number of hydrogen-bond donors (Lipinski definition) is 2. The van der Waals surface area contributed by atoms with Gasteiger partial charge in [-0.2, -0.15) is 0 Å². The maximum absolute atomic E-state index is 11.5. The topological polar surface area (TPSA) is 75.6 Å². The molecule has 104 valence electrons. The van der Waals surface area contributed by atoms with Crippen molar-refractivity contribution in [3.63, 3.8) is 0 Å². The van der Waals surface area contributed by atoms with Gasteiger partial charge in [-0.05, 0) is 46.7 Å². The number of carboxylic acids is 1. The van der Waals surface area contributed by atoms with Crippen molar-refractivity contribution < 1.29 is 19.4 Å². The summed E-state index contributed by atoms with van der Waals surface area (Å²) in [5.74, 6) is -0.463. The van der Waals surface area contributed by atoms with Crippen molar-refractivity contribution in [1.29, 1.82) is 0 Å². The highest BCUT2D eigenvalue weighted by Crippen LogP contribution is 2.22. The van der Waals surface area contributed by atoms with Crippen molar-refractivity contribution in [2.75, 3.05) is 13.2 Å². The van der Waals surface area contributed by atoms with Crippen LogP contribution in [0, 0.1) is 9.49 Å². The van der Waals surface area contributed by atoms with Crippen LogP contribution in [-0.4, -0.2) is 30.1 Å². The largest absolute Gasteiger partial charge is 0.483 e. The SMILES string of the molecule is CC(C)CNC(=O)COc1cc(C(=O)O)ccc1I. The van der Waals surface area contributed by atoms with E-state index in [1.807, 2.05) is 36.4 Å². The molecule has 0 aliphatic rings. The maximum atomic E-state index is 11.5. The molecule has 0 spiro atoms. The number of carbonyl (C=O) groups excluding carboxylic acids is 1. The van der Waals surface area contributed by atoms with E-state index >= 15 is 0 Å². The lowest BCUT2D eigenvalue weighted by Crippen LogP contribution is -2.31. The Bertz CT molecular complexity index is 474. The van der Waals surface area contributed by atoms with Crippen molar-refractivity contribution in [3.8, 4) is 5.75 Å². The van der Waals surface area contributed by atoms with E-state index in [1.165, 1.54) is 12.1 Å². The van der Waals surface area contributed by atoms with Crippen molar-refractivity contribution in [1.82, 2.24) is 5.32 Å². The third-order valence-corrected chi connectivity index (χ3v) is 3.14. The van der Waals surface area contributed by atoms with Crippen LogP contribution in [0.15, 0.2) is 18.2 Å². The lowest BCUT2D eigenvalue weighted by atomic mass is 10.2. The minimum atomic E-state index is -1.02. The summed E-state index contributed by atoms with van der Waals surface area (Å²) in [6.45, 7) is 4.47. The molecule has 0 atom stereocenters. The number of hydrogen-bond acceptors (Lipinski definition) is 3. The van der Waals surface area contributed by atoms with Crippen LogP contribution in [0.2, 0.25) is 0 Å². The number of amides is 1. The summed E-state index contributed by atoms with van der Waals surface area (Å²) in [5, 5.41) is 11.6. The molecule has 1 aromatic rings. The van der Waals surface area contributed by atoms with Crippen LogP contribution in [-0.2, 0) is 4.79 Å². The van der Waals surface area contributed by atoms with E-state index in [9.17, 15) is 9.59 Å². The highest BCUT2D eigenvalue weighted by atomic mass is 127.